The monoisotopic (exact) mass is 541 g/mol. The van der Waals surface area contributed by atoms with E-state index in [1.165, 1.54) is 0 Å². The van der Waals surface area contributed by atoms with Gasteiger partial charge in [0, 0.05) is 44.8 Å². The number of likely N-dealkylation sites (tertiary alicyclic amines) is 1. The standard InChI is InChI=1S/C24H33Cl2N5O3S/c1-16-13-20(25)29-22(26)21(16)23(33)27-7-3-17(2)30-9-4-19(5-10-30)31(24(34)28-8-11-32)14-18-6-12-35-15-18/h6,12-13,15,17,19,32H,3-5,7-11,14H2,1-2H3,(H,27,33)(H,28,34). The number of hydrogen-bond acceptors (Lipinski definition) is 6. The number of hydrogen-bond donors (Lipinski definition) is 3. The molecule has 3 N–H and O–H groups in total. The Kier molecular flexibility index (Phi) is 10.6. The van der Waals surface area contributed by atoms with Gasteiger partial charge in [0.25, 0.3) is 5.91 Å². The molecule has 2 aromatic rings. The third kappa shape index (κ3) is 7.79. The molecular weight excluding hydrogens is 509 g/mol. The highest BCUT2D eigenvalue weighted by atomic mass is 35.5. The number of pyridine rings is 1. The smallest absolute Gasteiger partial charge is 0.318 e. The van der Waals surface area contributed by atoms with Gasteiger partial charge in [-0.05, 0) is 67.1 Å². The lowest BCUT2D eigenvalue weighted by Crippen LogP contribution is -2.52. The van der Waals surface area contributed by atoms with Gasteiger partial charge in [-0.3, -0.25) is 4.79 Å². The van der Waals surface area contributed by atoms with E-state index in [9.17, 15) is 9.59 Å². The van der Waals surface area contributed by atoms with Gasteiger partial charge in [0.15, 0.2) is 0 Å². The molecule has 1 aliphatic heterocycles. The summed E-state index contributed by atoms with van der Waals surface area (Å²) in [6, 6.07) is 3.95. The number of aromatic nitrogens is 1. The van der Waals surface area contributed by atoms with E-state index < -0.39 is 0 Å². The largest absolute Gasteiger partial charge is 0.395 e. The number of nitrogens with one attached hydrogen (secondary N) is 2. The quantitative estimate of drug-likeness (QED) is 0.396. The van der Waals surface area contributed by atoms with Crippen molar-refractivity contribution >= 4 is 46.5 Å². The maximum Gasteiger partial charge on any atom is 0.318 e. The lowest BCUT2D eigenvalue weighted by Gasteiger charge is -2.40. The summed E-state index contributed by atoms with van der Waals surface area (Å²) in [5, 5.41) is 19.3. The van der Waals surface area contributed by atoms with Crippen molar-refractivity contribution in [1.29, 1.82) is 0 Å². The minimum Gasteiger partial charge on any atom is -0.395 e. The summed E-state index contributed by atoms with van der Waals surface area (Å²) in [5.74, 6) is -0.250. The first kappa shape index (κ1) is 27.7. The van der Waals surface area contributed by atoms with Crippen molar-refractivity contribution in [2.45, 2.75) is 51.7 Å². The number of piperidine rings is 1. The molecule has 8 nitrogen and oxygen atoms in total. The number of halogens is 2. The summed E-state index contributed by atoms with van der Waals surface area (Å²) in [5.41, 5.74) is 2.17. The van der Waals surface area contributed by atoms with E-state index >= 15 is 0 Å². The van der Waals surface area contributed by atoms with Gasteiger partial charge < -0.3 is 25.5 Å². The Balaban J connectivity index is 1.49. The van der Waals surface area contributed by atoms with Gasteiger partial charge in [0.2, 0.25) is 0 Å². The summed E-state index contributed by atoms with van der Waals surface area (Å²) in [6.07, 6.45) is 2.54. The summed E-state index contributed by atoms with van der Waals surface area (Å²) >= 11 is 13.6. The third-order valence-corrected chi connectivity index (χ3v) is 7.56. The Morgan fingerprint density at radius 3 is 2.66 bits per heavy atom. The van der Waals surface area contributed by atoms with Gasteiger partial charge in [-0.25, -0.2) is 9.78 Å². The first-order chi connectivity index (χ1) is 16.8. The second-order valence-corrected chi connectivity index (χ2v) is 10.3. The molecule has 11 heteroatoms. The third-order valence-electron chi connectivity index (χ3n) is 6.36. The van der Waals surface area contributed by atoms with Crippen LogP contribution in [0.1, 0.15) is 47.7 Å². The minimum atomic E-state index is -0.250. The number of thiophene rings is 1. The number of rotatable bonds is 10. The first-order valence-electron chi connectivity index (χ1n) is 11.8. The van der Waals surface area contributed by atoms with Crippen molar-refractivity contribution in [2.24, 2.45) is 0 Å². The van der Waals surface area contributed by atoms with Gasteiger partial charge in [-0.2, -0.15) is 11.3 Å². The number of aliphatic hydroxyl groups is 1. The molecule has 192 valence electrons. The molecular formula is C24H33Cl2N5O3S. The molecule has 2 aromatic heterocycles. The van der Waals surface area contributed by atoms with Crippen molar-refractivity contribution in [3.05, 3.63) is 49.9 Å². The molecule has 0 aromatic carbocycles. The number of aryl methyl sites for hydroxylation is 1. The zero-order valence-electron chi connectivity index (χ0n) is 20.1. The van der Waals surface area contributed by atoms with Crippen LogP contribution in [0.15, 0.2) is 22.9 Å². The fourth-order valence-electron chi connectivity index (χ4n) is 4.38. The molecule has 0 aliphatic carbocycles. The zero-order valence-corrected chi connectivity index (χ0v) is 22.4. The number of amides is 3. The predicted octanol–water partition coefficient (Wildman–Crippen LogP) is 3.94. The highest BCUT2D eigenvalue weighted by molar-refractivity contribution is 7.07. The maximum absolute atomic E-state index is 12.8. The molecule has 0 bridgehead atoms. The topological polar surface area (TPSA) is 97.8 Å². The zero-order chi connectivity index (χ0) is 25.4. The second kappa shape index (κ2) is 13.4. The molecule has 1 unspecified atom stereocenters. The van der Waals surface area contributed by atoms with E-state index in [2.05, 4.69) is 32.8 Å². The summed E-state index contributed by atoms with van der Waals surface area (Å²) < 4.78 is 0. The Morgan fingerprint density at radius 1 is 1.29 bits per heavy atom. The van der Waals surface area contributed by atoms with Crippen LogP contribution < -0.4 is 10.6 Å². The summed E-state index contributed by atoms with van der Waals surface area (Å²) in [7, 11) is 0. The fourth-order valence-corrected chi connectivity index (χ4v) is 5.66. The Labute approximate surface area is 220 Å². The summed E-state index contributed by atoms with van der Waals surface area (Å²) in [6.45, 7) is 6.94. The second-order valence-electron chi connectivity index (χ2n) is 8.80. The number of carbonyl (C=O) groups is 2. The van der Waals surface area contributed by atoms with Crippen LogP contribution in [0.2, 0.25) is 10.3 Å². The Morgan fingerprint density at radius 2 is 2.03 bits per heavy atom. The molecule has 1 fully saturated rings. The van der Waals surface area contributed by atoms with Gasteiger partial charge in [-0.1, -0.05) is 23.2 Å². The van der Waals surface area contributed by atoms with Crippen LogP contribution in [-0.2, 0) is 6.54 Å². The average molecular weight is 543 g/mol. The van der Waals surface area contributed by atoms with E-state index in [0.717, 1.165) is 37.9 Å². The van der Waals surface area contributed by atoms with E-state index in [4.69, 9.17) is 28.3 Å². The lowest BCUT2D eigenvalue weighted by atomic mass is 10.0. The number of urea groups is 1. The molecule has 1 aliphatic rings. The lowest BCUT2D eigenvalue weighted by molar-refractivity contribution is 0.0901. The molecule has 0 radical (unpaired) electrons. The molecule has 3 amide bonds. The van der Waals surface area contributed by atoms with Crippen LogP contribution in [0.4, 0.5) is 4.79 Å². The molecule has 0 saturated carbocycles. The van der Waals surface area contributed by atoms with Crippen molar-refractivity contribution in [2.75, 3.05) is 32.8 Å². The highest BCUT2D eigenvalue weighted by Gasteiger charge is 2.29. The van der Waals surface area contributed by atoms with E-state index in [1.54, 1.807) is 24.3 Å². The molecule has 3 rings (SSSR count). The molecule has 1 saturated heterocycles. The van der Waals surface area contributed by atoms with Gasteiger partial charge in [0.1, 0.15) is 10.3 Å². The van der Waals surface area contributed by atoms with Crippen molar-refractivity contribution in [1.82, 2.24) is 25.4 Å². The van der Waals surface area contributed by atoms with Crippen LogP contribution in [0.5, 0.6) is 0 Å². The van der Waals surface area contributed by atoms with Crippen LogP contribution in [0.25, 0.3) is 0 Å². The fraction of sp³-hybridized carbons (Fsp3) is 0.542. The van der Waals surface area contributed by atoms with E-state index in [0.29, 0.717) is 24.2 Å². The van der Waals surface area contributed by atoms with Gasteiger partial charge in [0.05, 0.1) is 12.2 Å². The van der Waals surface area contributed by atoms with Crippen LogP contribution in [0, 0.1) is 6.92 Å². The van der Waals surface area contributed by atoms with Crippen LogP contribution in [0.3, 0.4) is 0 Å². The maximum atomic E-state index is 12.8. The first-order valence-corrected chi connectivity index (χ1v) is 13.5. The van der Waals surface area contributed by atoms with Crippen molar-refractivity contribution < 1.29 is 14.7 Å². The average Bonchev–Trinajstić information content (AvgIpc) is 3.34. The normalized spacial score (nSPS) is 15.6. The SMILES string of the molecule is Cc1cc(Cl)nc(Cl)c1C(=O)NCCC(C)N1CCC(N(Cc2ccsc2)C(=O)NCCO)CC1. The van der Waals surface area contributed by atoms with Crippen molar-refractivity contribution in [3.63, 3.8) is 0 Å². The van der Waals surface area contributed by atoms with Gasteiger partial charge in [-0.15, -0.1) is 0 Å². The molecule has 0 spiro atoms. The molecule has 1 atom stereocenters. The van der Waals surface area contributed by atoms with Crippen LogP contribution >= 0.6 is 34.5 Å². The van der Waals surface area contributed by atoms with E-state index in [1.807, 2.05) is 16.3 Å². The Hall–Kier alpha value is -1.91. The van der Waals surface area contributed by atoms with Gasteiger partial charge >= 0.3 is 6.03 Å². The number of nitrogens with zero attached hydrogens (tertiary/aromatic N) is 3. The minimum absolute atomic E-state index is 0.0785. The van der Waals surface area contributed by atoms with Crippen molar-refractivity contribution in [3.8, 4) is 0 Å². The van der Waals surface area contributed by atoms with E-state index in [-0.39, 0.29) is 47.5 Å². The summed E-state index contributed by atoms with van der Waals surface area (Å²) in [4.78, 5) is 33.6. The van der Waals surface area contributed by atoms with Crippen LogP contribution in [-0.4, -0.2) is 76.7 Å². The molecule has 35 heavy (non-hydrogen) atoms. The Bertz CT molecular complexity index is 961. The molecule has 3 heterocycles. The predicted molar refractivity (Wildman–Crippen MR) is 140 cm³/mol. The number of aliphatic hydroxyl groups excluding tert-OH is 1. The highest BCUT2D eigenvalue weighted by Crippen LogP contribution is 2.23. The number of carbonyl (C=O) groups excluding carboxylic acids is 2.